The summed E-state index contributed by atoms with van der Waals surface area (Å²) in [5.74, 6) is -2.12. The number of halogens is 2. The van der Waals surface area contributed by atoms with E-state index in [2.05, 4.69) is 6.92 Å². The number of alkyl halides is 2. The minimum atomic E-state index is -2.71. The zero-order chi connectivity index (χ0) is 10.6. The Morgan fingerprint density at radius 3 is 2.79 bits per heavy atom. The monoisotopic (exact) mass is 206 g/mol. The third-order valence-corrected chi connectivity index (χ3v) is 2.93. The van der Waals surface area contributed by atoms with E-state index in [1.165, 1.54) is 6.42 Å². The topological polar surface area (TPSA) is 29.3 Å². The van der Waals surface area contributed by atoms with Crippen LogP contribution in [0, 0.1) is 5.92 Å². The minimum absolute atomic E-state index is 0.167. The Kier molecular flexibility index (Phi) is 4.26. The summed E-state index contributed by atoms with van der Waals surface area (Å²) in [5, 5.41) is 0. The highest BCUT2D eigenvalue weighted by Gasteiger charge is 2.31. The summed E-state index contributed by atoms with van der Waals surface area (Å²) in [4.78, 5) is 1.85. The largest absolute Gasteiger partial charge is 0.325 e. The molecule has 0 bridgehead atoms. The lowest BCUT2D eigenvalue weighted by atomic mass is 9.95. The van der Waals surface area contributed by atoms with Gasteiger partial charge < -0.3 is 5.73 Å². The van der Waals surface area contributed by atoms with Crippen LogP contribution >= 0.6 is 0 Å². The van der Waals surface area contributed by atoms with E-state index < -0.39 is 12.5 Å². The third-order valence-electron chi connectivity index (χ3n) is 2.93. The van der Waals surface area contributed by atoms with Gasteiger partial charge in [0.15, 0.2) is 0 Å². The van der Waals surface area contributed by atoms with Gasteiger partial charge in [0.2, 0.25) is 0 Å². The van der Waals surface area contributed by atoms with Gasteiger partial charge in [-0.15, -0.1) is 0 Å². The van der Waals surface area contributed by atoms with Crippen LogP contribution in [-0.2, 0) is 0 Å². The Hall–Kier alpha value is -0.220. The van der Waals surface area contributed by atoms with Crippen molar-refractivity contribution < 1.29 is 8.78 Å². The summed E-state index contributed by atoms with van der Waals surface area (Å²) >= 11 is 0. The maximum absolute atomic E-state index is 13.0. The average molecular weight is 206 g/mol. The summed E-state index contributed by atoms with van der Waals surface area (Å²) < 4.78 is 26.0. The van der Waals surface area contributed by atoms with Gasteiger partial charge in [-0.3, -0.25) is 4.90 Å². The molecule has 84 valence electrons. The van der Waals surface area contributed by atoms with Gasteiger partial charge in [0, 0.05) is 6.54 Å². The van der Waals surface area contributed by atoms with E-state index in [0.717, 1.165) is 25.9 Å². The van der Waals surface area contributed by atoms with E-state index in [-0.39, 0.29) is 6.54 Å². The van der Waals surface area contributed by atoms with E-state index in [0.29, 0.717) is 5.92 Å². The molecule has 1 atom stereocenters. The summed E-state index contributed by atoms with van der Waals surface area (Å²) in [6.45, 7) is 3.02. The van der Waals surface area contributed by atoms with Crippen LogP contribution < -0.4 is 5.73 Å². The van der Waals surface area contributed by atoms with Crippen molar-refractivity contribution in [2.75, 3.05) is 26.2 Å². The van der Waals surface area contributed by atoms with Gasteiger partial charge in [0.1, 0.15) is 0 Å². The Bertz CT molecular complexity index is 174. The molecule has 1 unspecified atom stereocenters. The fraction of sp³-hybridized carbons (Fsp3) is 1.00. The summed E-state index contributed by atoms with van der Waals surface area (Å²) in [5.41, 5.74) is 5.01. The molecule has 1 aliphatic heterocycles. The van der Waals surface area contributed by atoms with E-state index in [4.69, 9.17) is 5.73 Å². The lowest BCUT2D eigenvalue weighted by molar-refractivity contribution is -0.0327. The van der Waals surface area contributed by atoms with Crippen LogP contribution in [0.25, 0.3) is 0 Å². The maximum Gasteiger partial charge on any atom is 0.272 e. The van der Waals surface area contributed by atoms with Gasteiger partial charge >= 0.3 is 0 Å². The van der Waals surface area contributed by atoms with Gasteiger partial charge in [-0.1, -0.05) is 13.3 Å². The summed E-state index contributed by atoms with van der Waals surface area (Å²) in [6, 6.07) is 0. The molecule has 2 N–H and O–H groups in total. The highest BCUT2D eigenvalue weighted by Crippen LogP contribution is 2.22. The fourth-order valence-corrected chi connectivity index (χ4v) is 2.02. The van der Waals surface area contributed by atoms with Gasteiger partial charge in [-0.2, -0.15) is 0 Å². The SMILES string of the molecule is CCC1CCCN(CC(F)(F)CN)C1. The standard InChI is InChI=1S/C10H20F2N2/c1-2-9-4-3-5-14(6-9)8-10(11,12)7-13/h9H,2-8,13H2,1H3. The molecule has 1 aliphatic rings. The number of piperidine rings is 1. The molecule has 0 aliphatic carbocycles. The minimum Gasteiger partial charge on any atom is -0.325 e. The van der Waals surface area contributed by atoms with Crippen LogP contribution in [0.1, 0.15) is 26.2 Å². The zero-order valence-electron chi connectivity index (χ0n) is 8.81. The molecule has 0 saturated carbocycles. The first kappa shape index (κ1) is 11.9. The van der Waals surface area contributed by atoms with E-state index in [1.54, 1.807) is 0 Å². The second-order valence-electron chi connectivity index (χ2n) is 4.21. The molecule has 4 heteroatoms. The zero-order valence-corrected chi connectivity index (χ0v) is 8.81. The second kappa shape index (κ2) is 5.03. The van der Waals surface area contributed by atoms with Crippen molar-refractivity contribution in [2.45, 2.75) is 32.1 Å². The van der Waals surface area contributed by atoms with E-state index >= 15 is 0 Å². The number of likely N-dealkylation sites (tertiary alicyclic amines) is 1. The molecule has 1 fully saturated rings. The molecule has 2 nitrogen and oxygen atoms in total. The Morgan fingerprint density at radius 2 is 2.21 bits per heavy atom. The van der Waals surface area contributed by atoms with Crippen molar-refractivity contribution in [1.82, 2.24) is 4.90 Å². The lowest BCUT2D eigenvalue weighted by Gasteiger charge is -2.34. The number of rotatable bonds is 4. The molecule has 1 heterocycles. The molecule has 1 rings (SSSR count). The van der Waals surface area contributed by atoms with Crippen molar-refractivity contribution in [3.8, 4) is 0 Å². The lowest BCUT2D eigenvalue weighted by Crippen LogP contribution is -2.45. The van der Waals surface area contributed by atoms with Gasteiger partial charge in [-0.05, 0) is 25.3 Å². The summed E-state index contributed by atoms with van der Waals surface area (Å²) in [6.07, 6.45) is 3.31. The molecule has 1 saturated heterocycles. The molecule has 0 spiro atoms. The molecular weight excluding hydrogens is 186 g/mol. The molecule has 0 radical (unpaired) electrons. The maximum atomic E-state index is 13.0. The number of nitrogens with two attached hydrogens (primary N) is 1. The molecule has 0 amide bonds. The molecule has 0 aromatic heterocycles. The van der Waals surface area contributed by atoms with Crippen LogP contribution in [0.15, 0.2) is 0 Å². The highest BCUT2D eigenvalue weighted by atomic mass is 19.3. The van der Waals surface area contributed by atoms with Crippen LogP contribution in [0.4, 0.5) is 8.78 Å². The van der Waals surface area contributed by atoms with E-state index in [9.17, 15) is 8.78 Å². The first-order valence-corrected chi connectivity index (χ1v) is 5.37. The van der Waals surface area contributed by atoms with E-state index in [1.807, 2.05) is 4.90 Å². The molecular formula is C10H20F2N2. The molecule has 14 heavy (non-hydrogen) atoms. The number of nitrogens with zero attached hydrogens (tertiary/aromatic N) is 1. The molecule has 0 aromatic carbocycles. The van der Waals surface area contributed by atoms with Crippen molar-refractivity contribution in [3.63, 3.8) is 0 Å². The van der Waals surface area contributed by atoms with Crippen molar-refractivity contribution in [1.29, 1.82) is 0 Å². The predicted octanol–water partition coefficient (Wildman–Crippen LogP) is 1.70. The number of hydrogen-bond acceptors (Lipinski definition) is 2. The van der Waals surface area contributed by atoms with Crippen molar-refractivity contribution >= 4 is 0 Å². The predicted molar refractivity (Wildman–Crippen MR) is 53.5 cm³/mol. The quantitative estimate of drug-likeness (QED) is 0.758. The Labute approximate surface area is 84.4 Å². The normalized spacial score (nSPS) is 25.3. The fourth-order valence-electron chi connectivity index (χ4n) is 2.02. The van der Waals surface area contributed by atoms with Crippen LogP contribution in [0.2, 0.25) is 0 Å². The smallest absolute Gasteiger partial charge is 0.272 e. The van der Waals surface area contributed by atoms with Crippen LogP contribution in [0.3, 0.4) is 0 Å². The second-order valence-corrected chi connectivity index (χ2v) is 4.21. The van der Waals surface area contributed by atoms with Crippen molar-refractivity contribution in [3.05, 3.63) is 0 Å². The third kappa shape index (κ3) is 3.50. The average Bonchev–Trinajstić information content (AvgIpc) is 2.17. The van der Waals surface area contributed by atoms with Gasteiger partial charge in [0.25, 0.3) is 5.92 Å². The Morgan fingerprint density at radius 1 is 1.50 bits per heavy atom. The highest BCUT2D eigenvalue weighted by molar-refractivity contribution is 4.78. The first-order valence-electron chi connectivity index (χ1n) is 5.37. The van der Waals surface area contributed by atoms with Crippen LogP contribution in [0.5, 0.6) is 0 Å². The first-order chi connectivity index (χ1) is 6.57. The number of hydrogen-bond donors (Lipinski definition) is 1. The van der Waals surface area contributed by atoms with Gasteiger partial charge in [-0.25, -0.2) is 8.78 Å². The Balaban J connectivity index is 2.37. The van der Waals surface area contributed by atoms with Gasteiger partial charge in [0.05, 0.1) is 13.1 Å². The molecule has 0 aromatic rings. The van der Waals surface area contributed by atoms with Crippen LogP contribution in [-0.4, -0.2) is 37.0 Å². The van der Waals surface area contributed by atoms with Crippen molar-refractivity contribution in [2.24, 2.45) is 11.7 Å². The summed E-state index contributed by atoms with van der Waals surface area (Å²) in [7, 11) is 0.